The summed E-state index contributed by atoms with van der Waals surface area (Å²) in [5, 5.41) is 28.5. The van der Waals surface area contributed by atoms with E-state index in [0.29, 0.717) is 0 Å². The summed E-state index contributed by atoms with van der Waals surface area (Å²) in [5.41, 5.74) is 0. The predicted octanol–water partition coefficient (Wildman–Crippen LogP) is -0.499. The molecule has 0 amide bonds. The van der Waals surface area contributed by atoms with E-state index in [1.54, 1.807) is 0 Å². The molecule has 1 spiro atoms. The molecule has 1 saturated carbocycles. The van der Waals surface area contributed by atoms with Crippen molar-refractivity contribution < 1.29 is 29.5 Å². The van der Waals surface area contributed by atoms with E-state index in [0.717, 1.165) is 25.7 Å². The number of aliphatic hydroxyl groups is 3. The number of hydrogen-bond donors (Lipinski definition) is 3. The molecule has 2 heterocycles. The number of fused-ring (bicyclic) bond motifs is 1. The Morgan fingerprint density at radius 2 is 1.89 bits per heavy atom. The Morgan fingerprint density at radius 1 is 1.17 bits per heavy atom. The first-order chi connectivity index (χ1) is 8.65. The van der Waals surface area contributed by atoms with Crippen molar-refractivity contribution in [2.24, 2.45) is 0 Å². The third kappa shape index (κ3) is 1.97. The Hall–Kier alpha value is -0.240. The van der Waals surface area contributed by atoms with E-state index in [-0.39, 0.29) is 0 Å². The van der Waals surface area contributed by atoms with Crippen LogP contribution < -0.4 is 0 Å². The van der Waals surface area contributed by atoms with Crippen LogP contribution in [0.4, 0.5) is 0 Å². The normalized spacial score (nSPS) is 44.2. The molecular weight excluding hydrogens is 240 g/mol. The van der Waals surface area contributed by atoms with Crippen LogP contribution in [-0.4, -0.2) is 58.4 Å². The molecule has 3 rings (SSSR count). The molecule has 0 radical (unpaired) electrons. The van der Waals surface area contributed by atoms with Gasteiger partial charge >= 0.3 is 0 Å². The molecular formula is C12H20O6. The van der Waals surface area contributed by atoms with Crippen LogP contribution in [-0.2, 0) is 14.2 Å². The van der Waals surface area contributed by atoms with E-state index < -0.39 is 43.1 Å². The highest BCUT2D eigenvalue weighted by molar-refractivity contribution is 4.97. The molecule has 1 unspecified atom stereocenters. The second-order valence-electron chi connectivity index (χ2n) is 5.38. The van der Waals surface area contributed by atoms with Gasteiger partial charge < -0.3 is 29.5 Å². The van der Waals surface area contributed by atoms with Crippen LogP contribution in [0.15, 0.2) is 0 Å². The van der Waals surface area contributed by atoms with E-state index in [2.05, 4.69) is 0 Å². The van der Waals surface area contributed by atoms with Crippen molar-refractivity contribution in [1.82, 2.24) is 0 Å². The quantitative estimate of drug-likeness (QED) is 0.620. The van der Waals surface area contributed by atoms with Crippen molar-refractivity contribution >= 4 is 0 Å². The lowest BCUT2D eigenvalue weighted by Gasteiger charge is -2.33. The Labute approximate surface area is 105 Å². The molecule has 0 aromatic rings. The monoisotopic (exact) mass is 260 g/mol. The van der Waals surface area contributed by atoms with Crippen LogP contribution >= 0.6 is 0 Å². The van der Waals surface area contributed by atoms with Gasteiger partial charge in [0.25, 0.3) is 0 Å². The molecule has 2 saturated heterocycles. The van der Waals surface area contributed by atoms with Crippen molar-refractivity contribution in [3.63, 3.8) is 0 Å². The first-order valence-electron chi connectivity index (χ1n) is 6.63. The van der Waals surface area contributed by atoms with Gasteiger partial charge in [-0.3, -0.25) is 0 Å². The Balaban J connectivity index is 1.68. The van der Waals surface area contributed by atoms with Crippen molar-refractivity contribution in [2.45, 2.75) is 68.6 Å². The van der Waals surface area contributed by atoms with Gasteiger partial charge in [0.15, 0.2) is 12.1 Å². The van der Waals surface area contributed by atoms with Gasteiger partial charge in [0.05, 0.1) is 6.61 Å². The smallest absolute Gasteiger partial charge is 0.190 e. The average Bonchev–Trinajstić information content (AvgIpc) is 2.86. The van der Waals surface area contributed by atoms with Crippen molar-refractivity contribution in [2.75, 3.05) is 6.61 Å². The van der Waals surface area contributed by atoms with E-state index in [9.17, 15) is 10.2 Å². The summed E-state index contributed by atoms with van der Waals surface area (Å²) in [6.07, 6.45) is 0.824. The largest absolute Gasteiger partial charge is 0.394 e. The van der Waals surface area contributed by atoms with Gasteiger partial charge in [0, 0.05) is 12.8 Å². The van der Waals surface area contributed by atoms with Crippen molar-refractivity contribution in [3.05, 3.63) is 0 Å². The van der Waals surface area contributed by atoms with E-state index >= 15 is 0 Å². The molecule has 3 aliphatic rings. The molecule has 5 atom stereocenters. The van der Waals surface area contributed by atoms with Crippen LogP contribution in [0.3, 0.4) is 0 Å². The number of ether oxygens (including phenoxy) is 3. The zero-order valence-corrected chi connectivity index (χ0v) is 10.2. The fraction of sp³-hybridized carbons (Fsp3) is 1.00. The minimum absolute atomic E-state index is 0.452. The summed E-state index contributed by atoms with van der Waals surface area (Å²) in [6.45, 7) is -0.452. The van der Waals surface area contributed by atoms with Gasteiger partial charge in [-0.25, -0.2) is 0 Å². The maximum atomic E-state index is 10.1. The molecule has 2 aliphatic heterocycles. The second-order valence-corrected chi connectivity index (χ2v) is 5.38. The minimum Gasteiger partial charge on any atom is -0.394 e. The summed E-state index contributed by atoms with van der Waals surface area (Å²) in [4.78, 5) is 0. The third-order valence-electron chi connectivity index (χ3n) is 4.10. The molecule has 0 aromatic heterocycles. The SMILES string of the molecule is OC[C@@H](O)[C@H]1OC2OC3(CCCCC3)O[C@@H]2[C@H]1O. The fourth-order valence-electron chi connectivity index (χ4n) is 3.12. The van der Waals surface area contributed by atoms with E-state index in [1.807, 2.05) is 0 Å². The topological polar surface area (TPSA) is 88.4 Å². The van der Waals surface area contributed by atoms with Gasteiger partial charge in [0.1, 0.15) is 24.4 Å². The first-order valence-corrected chi connectivity index (χ1v) is 6.63. The lowest BCUT2D eigenvalue weighted by Crippen LogP contribution is -2.43. The Kier molecular flexibility index (Phi) is 3.34. The standard InChI is InChI=1S/C12H20O6/c13-6-7(14)9-8(15)10-11(16-9)18-12(17-10)4-2-1-3-5-12/h7-11,13-15H,1-6H2/t7-,8+,9-,10-,11?/m1/s1. The van der Waals surface area contributed by atoms with Crippen LogP contribution in [0.1, 0.15) is 32.1 Å². The highest BCUT2D eigenvalue weighted by Crippen LogP contribution is 2.45. The van der Waals surface area contributed by atoms with Crippen LogP contribution in [0, 0.1) is 0 Å². The summed E-state index contributed by atoms with van der Waals surface area (Å²) in [6, 6.07) is 0. The molecule has 0 bridgehead atoms. The lowest BCUT2D eigenvalue weighted by molar-refractivity contribution is -0.254. The molecule has 3 N–H and O–H groups in total. The molecule has 0 aromatic carbocycles. The Morgan fingerprint density at radius 3 is 2.50 bits per heavy atom. The number of hydrogen-bond acceptors (Lipinski definition) is 6. The molecule has 6 heteroatoms. The highest BCUT2D eigenvalue weighted by Gasteiger charge is 2.58. The van der Waals surface area contributed by atoms with E-state index in [4.69, 9.17) is 19.3 Å². The number of aliphatic hydroxyl groups excluding tert-OH is 3. The molecule has 3 fully saturated rings. The van der Waals surface area contributed by atoms with Crippen molar-refractivity contribution in [1.29, 1.82) is 0 Å². The maximum absolute atomic E-state index is 10.1. The zero-order chi connectivity index (χ0) is 12.8. The molecule has 104 valence electrons. The summed E-state index contributed by atoms with van der Waals surface area (Å²) >= 11 is 0. The Bertz CT molecular complexity index is 303. The van der Waals surface area contributed by atoms with Gasteiger partial charge in [-0.05, 0) is 12.8 Å². The van der Waals surface area contributed by atoms with Gasteiger partial charge in [-0.2, -0.15) is 0 Å². The minimum atomic E-state index is -1.11. The second kappa shape index (κ2) is 4.70. The molecule has 1 aliphatic carbocycles. The third-order valence-corrected chi connectivity index (χ3v) is 4.10. The van der Waals surface area contributed by atoms with E-state index in [1.165, 1.54) is 6.42 Å². The average molecular weight is 260 g/mol. The van der Waals surface area contributed by atoms with Gasteiger partial charge in [-0.1, -0.05) is 6.42 Å². The maximum Gasteiger partial charge on any atom is 0.190 e. The van der Waals surface area contributed by atoms with Crippen LogP contribution in [0.2, 0.25) is 0 Å². The summed E-state index contributed by atoms with van der Waals surface area (Å²) in [7, 11) is 0. The van der Waals surface area contributed by atoms with Crippen LogP contribution in [0.25, 0.3) is 0 Å². The van der Waals surface area contributed by atoms with Gasteiger partial charge in [0.2, 0.25) is 0 Å². The van der Waals surface area contributed by atoms with Crippen molar-refractivity contribution in [3.8, 4) is 0 Å². The molecule has 6 nitrogen and oxygen atoms in total. The highest BCUT2D eigenvalue weighted by atomic mass is 16.8. The van der Waals surface area contributed by atoms with Crippen LogP contribution in [0.5, 0.6) is 0 Å². The zero-order valence-electron chi connectivity index (χ0n) is 10.2. The molecule has 18 heavy (non-hydrogen) atoms. The lowest BCUT2D eigenvalue weighted by atomic mass is 9.94. The fourth-order valence-corrected chi connectivity index (χ4v) is 3.12. The summed E-state index contributed by atoms with van der Waals surface area (Å²) < 4.78 is 17.1. The number of rotatable bonds is 2. The first kappa shape index (κ1) is 12.8. The summed E-state index contributed by atoms with van der Waals surface area (Å²) in [5.74, 6) is -0.607. The van der Waals surface area contributed by atoms with Gasteiger partial charge in [-0.15, -0.1) is 0 Å². The predicted molar refractivity (Wildman–Crippen MR) is 59.5 cm³/mol.